The van der Waals surface area contributed by atoms with E-state index in [1.807, 2.05) is 0 Å². The number of aromatic nitrogens is 1. The van der Waals surface area contributed by atoms with Gasteiger partial charge < -0.3 is 5.32 Å². The van der Waals surface area contributed by atoms with Crippen molar-refractivity contribution in [3.05, 3.63) is 59.4 Å². The highest BCUT2D eigenvalue weighted by atomic mass is 19.4. The largest absolute Gasteiger partial charge is 0.433 e. The van der Waals surface area contributed by atoms with E-state index in [2.05, 4.69) is 55.3 Å². The summed E-state index contributed by atoms with van der Waals surface area (Å²) in [7, 11) is 0. The van der Waals surface area contributed by atoms with Crippen molar-refractivity contribution in [3.63, 3.8) is 0 Å². The molecular weight excluding hydrogens is 313 g/mol. The lowest BCUT2D eigenvalue weighted by molar-refractivity contribution is -0.141. The molecule has 1 aliphatic rings. The number of hydrogen-bond donors (Lipinski definition) is 1. The van der Waals surface area contributed by atoms with E-state index in [0.717, 1.165) is 12.6 Å². The Kier molecular flexibility index (Phi) is 4.06. The van der Waals surface area contributed by atoms with E-state index in [0.29, 0.717) is 17.5 Å². The number of benzene rings is 1. The normalized spacial score (nSPS) is 22.2. The van der Waals surface area contributed by atoms with Gasteiger partial charge in [-0.25, -0.2) is 4.98 Å². The van der Waals surface area contributed by atoms with Crippen LogP contribution >= 0.6 is 0 Å². The number of halogens is 3. The van der Waals surface area contributed by atoms with Gasteiger partial charge in [0.05, 0.1) is 11.9 Å². The average molecular weight is 334 g/mol. The van der Waals surface area contributed by atoms with Crippen molar-refractivity contribution in [1.82, 2.24) is 4.98 Å². The fraction of sp³-hybridized carbons (Fsp3) is 0.421. The first kappa shape index (κ1) is 16.8. The second-order valence-electron chi connectivity index (χ2n) is 7.13. The van der Waals surface area contributed by atoms with Crippen LogP contribution in [0.4, 0.5) is 18.9 Å². The fourth-order valence-electron chi connectivity index (χ4n) is 3.45. The minimum absolute atomic E-state index is 0.182. The Bertz CT molecular complexity index is 703. The maximum absolute atomic E-state index is 12.5. The van der Waals surface area contributed by atoms with Gasteiger partial charge in [-0.05, 0) is 41.9 Å². The minimum Gasteiger partial charge on any atom is -0.383 e. The third-order valence-electron chi connectivity index (χ3n) is 5.07. The topological polar surface area (TPSA) is 24.9 Å². The lowest BCUT2D eigenvalue weighted by Gasteiger charge is -2.09. The molecule has 3 rings (SSSR count). The molecule has 2 nitrogen and oxygen atoms in total. The molecule has 2 aromatic rings. The third kappa shape index (κ3) is 3.25. The molecule has 0 radical (unpaired) electrons. The number of anilines is 1. The van der Waals surface area contributed by atoms with Gasteiger partial charge in [0, 0.05) is 6.54 Å². The van der Waals surface area contributed by atoms with Crippen LogP contribution in [-0.2, 0) is 6.18 Å². The van der Waals surface area contributed by atoms with Crippen molar-refractivity contribution in [3.8, 4) is 0 Å². The van der Waals surface area contributed by atoms with E-state index in [9.17, 15) is 13.2 Å². The number of nitrogens with zero attached hydrogens (tertiary/aromatic N) is 1. The second-order valence-corrected chi connectivity index (χ2v) is 7.13. The van der Waals surface area contributed by atoms with Gasteiger partial charge in [0.1, 0.15) is 5.69 Å². The van der Waals surface area contributed by atoms with Gasteiger partial charge in [0.15, 0.2) is 0 Å². The highest BCUT2D eigenvalue weighted by Crippen LogP contribution is 2.64. The van der Waals surface area contributed by atoms with Gasteiger partial charge >= 0.3 is 6.18 Å². The fourth-order valence-corrected chi connectivity index (χ4v) is 3.45. The lowest BCUT2D eigenvalue weighted by atomic mass is 10.0. The molecule has 0 bridgehead atoms. The summed E-state index contributed by atoms with van der Waals surface area (Å²) >= 11 is 0. The summed E-state index contributed by atoms with van der Waals surface area (Å²) < 4.78 is 37.6. The smallest absolute Gasteiger partial charge is 0.383 e. The van der Waals surface area contributed by atoms with Gasteiger partial charge in [-0.1, -0.05) is 43.7 Å². The van der Waals surface area contributed by atoms with Crippen LogP contribution in [0, 0.1) is 18.3 Å². The molecule has 0 spiro atoms. The highest BCUT2D eigenvalue weighted by molar-refractivity contribution is 5.43. The number of rotatable bonds is 4. The SMILES string of the molecule is Cc1ccc(C2C(CNc3ccc(C(F)(F)F)nc3)C2(C)C)cc1. The van der Waals surface area contributed by atoms with Crippen LogP contribution in [0.2, 0.25) is 0 Å². The number of hydrogen-bond acceptors (Lipinski definition) is 2. The Morgan fingerprint density at radius 1 is 1.08 bits per heavy atom. The average Bonchev–Trinajstić information content (AvgIpc) is 3.06. The maximum atomic E-state index is 12.5. The molecule has 1 N–H and O–H groups in total. The summed E-state index contributed by atoms with van der Waals surface area (Å²) in [5.74, 6) is 0.913. The van der Waals surface area contributed by atoms with Gasteiger partial charge in [-0.15, -0.1) is 0 Å². The summed E-state index contributed by atoms with van der Waals surface area (Å²) in [6.45, 7) is 7.25. The molecule has 0 amide bonds. The first-order valence-electron chi connectivity index (χ1n) is 8.03. The summed E-state index contributed by atoms with van der Waals surface area (Å²) in [5.41, 5.74) is 2.50. The second kappa shape index (κ2) is 5.80. The molecule has 1 aromatic carbocycles. The van der Waals surface area contributed by atoms with E-state index in [-0.39, 0.29) is 5.41 Å². The molecule has 128 valence electrons. The monoisotopic (exact) mass is 334 g/mol. The third-order valence-corrected chi connectivity index (χ3v) is 5.07. The van der Waals surface area contributed by atoms with Crippen molar-refractivity contribution in [2.45, 2.75) is 32.9 Å². The number of pyridine rings is 1. The quantitative estimate of drug-likeness (QED) is 0.825. The van der Waals surface area contributed by atoms with Crippen molar-refractivity contribution in [1.29, 1.82) is 0 Å². The van der Waals surface area contributed by atoms with Gasteiger partial charge in [-0.2, -0.15) is 13.2 Å². The zero-order valence-corrected chi connectivity index (χ0v) is 14.0. The molecule has 1 aromatic heterocycles. The Morgan fingerprint density at radius 3 is 2.29 bits per heavy atom. The van der Waals surface area contributed by atoms with Crippen molar-refractivity contribution in [2.75, 3.05) is 11.9 Å². The Labute approximate surface area is 140 Å². The van der Waals surface area contributed by atoms with Crippen LogP contribution in [0.1, 0.15) is 36.6 Å². The Balaban J connectivity index is 1.63. The van der Waals surface area contributed by atoms with Crippen LogP contribution in [0.5, 0.6) is 0 Å². The molecule has 1 fully saturated rings. The van der Waals surface area contributed by atoms with Gasteiger partial charge in [0.2, 0.25) is 0 Å². The summed E-state index contributed by atoms with van der Waals surface area (Å²) in [6.07, 6.45) is -3.15. The first-order valence-corrected chi connectivity index (χ1v) is 8.03. The van der Waals surface area contributed by atoms with Crippen molar-refractivity contribution < 1.29 is 13.2 Å². The van der Waals surface area contributed by atoms with E-state index in [1.54, 1.807) is 0 Å². The molecular formula is C19H21F3N2. The summed E-state index contributed by atoms with van der Waals surface area (Å²) in [4.78, 5) is 3.48. The molecule has 5 heteroatoms. The van der Waals surface area contributed by atoms with Gasteiger partial charge in [0.25, 0.3) is 0 Å². The first-order chi connectivity index (χ1) is 11.2. The van der Waals surface area contributed by atoms with Crippen LogP contribution in [0.25, 0.3) is 0 Å². The highest BCUT2D eigenvalue weighted by Gasteiger charge is 2.57. The lowest BCUT2D eigenvalue weighted by Crippen LogP contribution is -2.10. The van der Waals surface area contributed by atoms with E-state index in [1.165, 1.54) is 23.4 Å². The van der Waals surface area contributed by atoms with Crippen LogP contribution in [-0.4, -0.2) is 11.5 Å². The molecule has 1 aliphatic carbocycles. The molecule has 24 heavy (non-hydrogen) atoms. The maximum Gasteiger partial charge on any atom is 0.433 e. The zero-order chi connectivity index (χ0) is 17.5. The summed E-state index contributed by atoms with van der Waals surface area (Å²) in [5, 5.41) is 3.22. The Morgan fingerprint density at radius 2 is 1.75 bits per heavy atom. The van der Waals surface area contributed by atoms with E-state index < -0.39 is 11.9 Å². The molecule has 1 heterocycles. The number of aryl methyl sites for hydroxylation is 1. The van der Waals surface area contributed by atoms with Crippen LogP contribution in [0.15, 0.2) is 42.6 Å². The molecule has 1 saturated carbocycles. The minimum atomic E-state index is -4.40. The predicted octanol–water partition coefficient (Wildman–Crippen LogP) is 5.26. The summed E-state index contributed by atoms with van der Waals surface area (Å²) in [6, 6.07) is 11.0. The predicted molar refractivity (Wildman–Crippen MR) is 88.9 cm³/mol. The molecule has 0 aliphatic heterocycles. The zero-order valence-electron chi connectivity index (χ0n) is 14.0. The number of nitrogens with one attached hydrogen (secondary N) is 1. The van der Waals surface area contributed by atoms with Crippen LogP contribution in [0.3, 0.4) is 0 Å². The Hall–Kier alpha value is -2.04. The number of alkyl halides is 3. The van der Waals surface area contributed by atoms with E-state index >= 15 is 0 Å². The molecule has 2 atom stereocenters. The standard InChI is InChI=1S/C19H21F3N2/c1-12-4-6-13(7-5-12)17-15(18(17,2)3)11-23-14-8-9-16(24-10-14)19(20,21)22/h4-10,15,17,23H,11H2,1-3H3. The van der Waals surface area contributed by atoms with E-state index in [4.69, 9.17) is 0 Å². The van der Waals surface area contributed by atoms with Crippen molar-refractivity contribution in [2.24, 2.45) is 11.3 Å². The van der Waals surface area contributed by atoms with Crippen molar-refractivity contribution >= 4 is 5.69 Å². The molecule has 0 saturated heterocycles. The molecule has 2 unspecified atom stereocenters. The van der Waals surface area contributed by atoms with Crippen LogP contribution < -0.4 is 5.32 Å². The van der Waals surface area contributed by atoms with Gasteiger partial charge in [-0.3, -0.25) is 0 Å².